The van der Waals surface area contributed by atoms with Crippen LogP contribution in [0.3, 0.4) is 0 Å². The molecule has 0 spiro atoms. The summed E-state index contributed by atoms with van der Waals surface area (Å²) in [5.74, 6) is 0.987. The number of carbonyl (C=O) groups is 2. The fourth-order valence-electron chi connectivity index (χ4n) is 5.58. The first-order chi connectivity index (χ1) is 9.86. The topological polar surface area (TPSA) is 43.4 Å². The quantitative estimate of drug-likeness (QED) is 0.689. The van der Waals surface area contributed by atoms with Gasteiger partial charge in [0.05, 0.1) is 5.92 Å². The van der Waals surface area contributed by atoms with Crippen LogP contribution in [-0.2, 0) is 14.3 Å². The standard InChI is InChI=1S/C18H28O3/c1-12(19)21-18-11-17(2,3)10-15(20)16(18)13-8-6-4-5-7-9-14(13)18/h13-14,16H,4-11H2,1-3H3/t13?,14?,16-,18+/m0/s1. The summed E-state index contributed by atoms with van der Waals surface area (Å²) in [6.07, 6.45) is 8.77. The average Bonchev–Trinajstić information content (AvgIpc) is 2.28. The van der Waals surface area contributed by atoms with Crippen molar-refractivity contribution in [2.24, 2.45) is 23.2 Å². The first-order valence-corrected chi connectivity index (χ1v) is 8.58. The predicted octanol–water partition coefficient (Wildman–Crippen LogP) is 3.89. The Morgan fingerprint density at radius 1 is 1.14 bits per heavy atom. The summed E-state index contributed by atoms with van der Waals surface area (Å²) >= 11 is 0. The lowest BCUT2D eigenvalue weighted by atomic mass is 9.43. The van der Waals surface area contributed by atoms with E-state index >= 15 is 0 Å². The van der Waals surface area contributed by atoms with Crippen molar-refractivity contribution in [2.45, 2.75) is 77.7 Å². The van der Waals surface area contributed by atoms with Crippen LogP contribution in [0.25, 0.3) is 0 Å². The van der Waals surface area contributed by atoms with Gasteiger partial charge in [-0.3, -0.25) is 9.59 Å². The van der Waals surface area contributed by atoms with E-state index in [9.17, 15) is 9.59 Å². The minimum atomic E-state index is -0.479. The van der Waals surface area contributed by atoms with Gasteiger partial charge in [0.2, 0.25) is 0 Å². The van der Waals surface area contributed by atoms with Crippen LogP contribution in [0.15, 0.2) is 0 Å². The van der Waals surface area contributed by atoms with Crippen molar-refractivity contribution in [2.75, 3.05) is 0 Å². The van der Waals surface area contributed by atoms with Gasteiger partial charge in [0, 0.05) is 19.3 Å². The van der Waals surface area contributed by atoms with Gasteiger partial charge in [-0.1, -0.05) is 39.5 Å². The number of hydrogen-bond acceptors (Lipinski definition) is 3. The number of esters is 1. The molecule has 0 bridgehead atoms. The molecule has 3 nitrogen and oxygen atoms in total. The molecule has 3 aliphatic rings. The van der Waals surface area contributed by atoms with E-state index in [2.05, 4.69) is 13.8 Å². The number of Topliss-reactive ketones (excluding diaryl/α,β-unsaturated/α-hetero) is 1. The lowest BCUT2D eigenvalue weighted by molar-refractivity contribution is -0.247. The maximum absolute atomic E-state index is 12.7. The largest absolute Gasteiger partial charge is 0.458 e. The molecule has 3 saturated carbocycles. The molecule has 118 valence electrons. The highest BCUT2D eigenvalue weighted by molar-refractivity contribution is 5.86. The summed E-state index contributed by atoms with van der Waals surface area (Å²) in [7, 11) is 0. The molecule has 3 fully saturated rings. The molecule has 2 unspecified atom stereocenters. The van der Waals surface area contributed by atoms with E-state index in [0.717, 1.165) is 19.3 Å². The molecule has 0 saturated heterocycles. The SMILES string of the molecule is CC(=O)O[C@@]12CC(C)(C)CC(=O)[C@@H]1C1CCCCCCC12. The molecule has 4 atom stereocenters. The van der Waals surface area contributed by atoms with Crippen LogP contribution in [0.2, 0.25) is 0 Å². The van der Waals surface area contributed by atoms with Gasteiger partial charge in [-0.2, -0.15) is 0 Å². The van der Waals surface area contributed by atoms with Gasteiger partial charge in [0.1, 0.15) is 11.4 Å². The highest BCUT2D eigenvalue weighted by Gasteiger charge is 2.69. The molecule has 0 aromatic rings. The van der Waals surface area contributed by atoms with E-state index in [4.69, 9.17) is 4.74 Å². The van der Waals surface area contributed by atoms with Gasteiger partial charge in [-0.25, -0.2) is 0 Å². The predicted molar refractivity (Wildman–Crippen MR) is 80.7 cm³/mol. The summed E-state index contributed by atoms with van der Waals surface area (Å²) in [5, 5.41) is 0. The van der Waals surface area contributed by atoms with Crippen LogP contribution in [0.5, 0.6) is 0 Å². The summed E-state index contributed by atoms with van der Waals surface area (Å²) < 4.78 is 5.89. The second-order valence-corrected chi connectivity index (χ2v) is 8.27. The highest BCUT2D eigenvalue weighted by Crippen LogP contribution is 2.64. The van der Waals surface area contributed by atoms with Gasteiger partial charge in [0.15, 0.2) is 0 Å². The summed E-state index contributed by atoms with van der Waals surface area (Å²) in [6, 6.07) is 0. The van der Waals surface area contributed by atoms with E-state index in [0.29, 0.717) is 24.0 Å². The maximum atomic E-state index is 12.7. The minimum Gasteiger partial charge on any atom is -0.458 e. The first-order valence-electron chi connectivity index (χ1n) is 8.58. The number of hydrogen-bond donors (Lipinski definition) is 0. The van der Waals surface area contributed by atoms with Crippen LogP contribution in [0.4, 0.5) is 0 Å². The van der Waals surface area contributed by atoms with Crippen molar-refractivity contribution in [1.29, 1.82) is 0 Å². The van der Waals surface area contributed by atoms with Crippen molar-refractivity contribution >= 4 is 11.8 Å². The Labute approximate surface area is 127 Å². The fraction of sp³-hybridized carbons (Fsp3) is 0.889. The van der Waals surface area contributed by atoms with Crippen LogP contribution >= 0.6 is 0 Å². The monoisotopic (exact) mass is 292 g/mol. The normalized spacial score (nSPS) is 41.9. The molecule has 0 aliphatic heterocycles. The zero-order valence-electron chi connectivity index (χ0n) is 13.6. The third kappa shape index (κ3) is 2.43. The Kier molecular flexibility index (Phi) is 3.66. The molecule has 3 heteroatoms. The Balaban J connectivity index is 1.94. The van der Waals surface area contributed by atoms with E-state index in [-0.39, 0.29) is 17.3 Å². The molecular formula is C18H28O3. The molecule has 0 radical (unpaired) electrons. The summed E-state index contributed by atoms with van der Waals surface area (Å²) in [4.78, 5) is 24.4. The van der Waals surface area contributed by atoms with Crippen molar-refractivity contribution in [3.05, 3.63) is 0 Å². The van der Waals surface area contributed by atoms with E-state index in [1.165, 1.54) is 32.6 Å². The van der Waals surface area contributed by atoms with Gasteiger partial charge in [0.25, 0.3) is 0 Å². The van der Waals surface area contributed by atoms with Gasteiger partial charge in [-0.05, 0) is 30.6 Å². The number of ether oxygens (including phenoxy) is 1. The Morgan fingerprint density at radius 2 is 1.81 bits per heavy atom. The molecule has 0 N–H and O–H groups in total. The fourth-order valence-corrected chi connectivity index (χ4v) is 5.58. The third-order valence-corrected chi connectivity index (χ3v) is 5.99. The average molecular weight is 292 g/mol. The Hall–Kier alpha value is -0.860. The van der Waals surface area contributed by atoms with Gasteiger partial charge >= 0.3 is 5.97 Å². The molecule has 0 aromatic heterocycles. The summed E-state index contributed by atoms with van der Waals surface area (Å²) in [6.45, 7) is 5.78. The zero-order chi connectivity index (χ0) is 15.3. The second-order valence-electron chi connectivity index (χ2n) is 8.27. The van der Waals surface area contributed by atoms with Crippen LogP contribution in [0, 0.1) is 23.2 Å². The zero-order valence-corrected chi connectivity index (χ0v) is 13.6. The van der Waals surface area contributed by atoms with E-state index in [1.807, 2.05) is 0 Å². The molecule has 0 heterocycles. The van der Waals surface area contributed by atoms with Crippen molar-refractivity contribution < 1.29 is 14.3 Å². The smallest absolute Gasteiger partial charge is 0.303 e. The molecule has 3 rings (SSSR count). The van der Waals surface area contributed by atoms with Crippen LogP contribution in [0.1, 0.15) is 72.1 Å². The van der Waals surface area contributed by atoms with E-state index < -0.39 is 5.60 Å². The molecule has 0 amide bonds. The molecule has 21 heavy (non-hydrogen) atoms. The minimum absolute atomic E-state index is 0.0162. The lowest BCUT2D eigenvalue weighted by Crippen LogP contribution is -2.70. The Bertz CT molecular complexity index is 453. The molecule has 3 aliphatic carbocycles. The number of rotatable bonds is 1. The van der Waals surface area contributed by atoms with E-state index in [1.54, 1.807) is 0 Å². The molecular weight excluding hydrogens is 264 g/mol. The van der Waals surface area contributed by atoms with Crippen LogP contribution in [-0.4, -0.2) is 17.4 Å². The number of ketones is 1. The lowest BCUT2D eigenvalue weighted by Gasteiger charge is -2.64. The third-order valence-electron chi connectivity index (χ3n) is 5.99. The molecule has 0 aromatic carbocycles. The second kappa shape index (κ2) is 5.10. The number of fused-ring (bicyclic) bond motifs is 4. The van der Waals surface area contributed by atoms with Gasteiger partial charge < -0.3 is 4.74 Å². The first kappa shape index (κ1) is 15.1. The maximum Gasteiger partial charge on any atom is 0.303 e. The highest BCUT2D eigenvalue weighted by atomic mass is 16.6. The number of carbonyl (C=O) groups excluding carboxylic acids is 2. The van der Waals surface area contributed by atoms with Crippen molar-refractivity contribution in [1.82, 2.24) is 0 Å². The van der Waals surface area contributed by atoms with Crippen LogP contribution < -0.4 is 0 Å². The Morgan fingerprint density at radius 3 is 2.48 bits per heavy atom. The van der Waals surface area contributed by atoms with Gasteiger partial charge in [-0.15, -0.1) is 0 Å². The van der Waals surface area contributed by atoms with Crippen molar-refractivity contribution in [3.63, 3.8) is 0 Å². The summed E-state index contributed by atoms with van der Waals surface area (Å²) in [5.41, 5.74) is -0.525. The van der Waals surface area contributed by atoms with Crippen molar-refractivity contribution in [3.8, 4) is 0 Å².